The summed E-state index contributed by atoms with van der Waals surface area (Å²) in [6, 6.07) is 7.21. The van der Waals surface area contributed by atoms with E-state index in [1.165, 1.54) is 0 Å². The lowest BCUT2D eigenvalue weighted by Crippen LogP contribution is -2.36. The number of ether oxygens (including phenoxy) is 1. The minimum atomic E-state index is -0.524. The second-order valence-electron chi connectivity index (χ2n) is 6.23. The van der Waals surface area contributed by atoms with E-state index in [2.05, 4.69) is 33.0 Å². The van der Waals surface area contributed by atoms with E-state index in [4.69, 9.17) is 16.3 Å². The zero-order valence-electron chi connectivity index (χ0n) is 13.5. The number of aliphatic hydroxyl groups is 1. The first-order chi connectivity index (χ1) is 9.90. The first kappa shape index (κ1) is 18.3. The topological polar surface area (TPSA) is 41.5 Å². The van der Waals surface area contributed by atoms with Crippen molar-refractivity contribution in [1.82, 2.24) is 5.32 Å². The van der Waals surface area contributed by atoms with E-state index in [9.17, 15) is 5.11 Å². The summed E-state index contributed by atoms with van der Waals surface area (Å²) in [6.45, 7) is 10.7. The van der Waals surface area contributed by atoms with Gasteiger partial charge in [-0.25, -0.2) is 0 Å². The number of aliphatic hydroxyl groups excluding tert-OH is 1. The van der Waals surface area contributed by atoms with Crippen molar-refractivity contribution in [1.29, 1.82) is 0 Å². The Hall–Kier alpha value is -0.770. The van der Waals surface area contributed by atoms with Crippen LogP contribution in [0, 0.1) is 17.8 Å². The van der Waals surface area contributed by atoms with Crippen LogP contribution >= 0.6 is 11.6 Å². The Labute approximate surface area is 133 Å². The second kappa shape index (κ2) is 9.29. The van der Waals surface area contributed by atoms with Crippen LogP contribution in [-0.2, 0) is 0 Å². The van der Waals surface area contributed by atoms with Crippen LogP contribution in [0.4, 0.5) is 0 Å². The summed E-state index contributed by atoms with van der Waals surface area (Å²) in [5, 5.41) is 13.9. The number of benzene rings is 1. The first-order valence-electron chi connectivity index (χ1n) is 7.67. The first-order valence-corrected chi connectivity index (χ1v) is 8.05. The lowest BCUT2D eigenvalue weighted by molar-refractivity contribution is 0.103. The third-order valence-electron chi connectivity index (χ3n) is 3.71. The minimum Gasteiger partial charge on any atom is -0.491 e. The fraction of sp³-hybridized carbons (Fsp3) is 0.647. The highest BCUT2D eigenvalue weighted by atomic mass is 35.5. The van der Waals surface area contributed by atoms with Gasteiger partial charge in [-0.05, 0) is 42.5 Å². The molecule has 0 bridgehead atoms. The molecule has 21 heavy (non-hydrogen) atoms. The standard InChI is InChI=1S/C17H28ClNO2/c1-12(2)17(13(3)4)10-19-9-15(20)11-21-16-7-5-6-14(18)8-16/h5-8,12-13,15,17,19-20H,9-11H2,1-4H3. The molecule has 0 aliphatic rings. The zero-order valence-corrected chi connectivity index (χ0v) is 14.2. The Bertz CT molecular complexity index is 402. The Morgan fingerprint density at radius 1 is 1.14 bits per heavy atom. The van der Waals surface area contributed by atoms with Gasteiger partial charge in [0.1, 0.15) is 18.5 Å². The van der Waals surface area contributed by atoms with Crippen LogP contribution in [0.15, 0.2) is 24.3 Å². The van der Waals surface area contributed by atoms with Gasteiger partial charge in [-0.1, -0.05) is 45.4 Å². The number of halogens is 1. The predicted octanol–water partition coefficient (Wildman–Crippen LogP) is 3.60. The molecule has 0 amide bonds. The van der Waals surface area contributed by atoms with Crippen LogP contribution < -0.4 is 10.1 Å². The number of hydrogen-bond donors (Lipinski definition) is 2. The molecule has 1 atom stereocenters. The summed E-state index contributed by atoms with van der Waals surface area (Å²) in [5.41, 5.74) is 0. The lowest BCUT2D eigenvalue weighted by atomic mass is 9.85. The van der Waals surface area contributed by atoms with Gasteiger partial charge in [0.2, 0.25) is 0 Å². The highest BCUT2D eigenvalue weighted by Crippen LogP contribution is 2.19. The average Bonchev–Trinajstić information content (AvgIpc) is 2.40. The van der Waals surface area contributed by atoms with Gasteiger partial charge in [0.15, 0.2) is 0 Å². The second-order valence-corrected chi connectivity index (χ2v) is 6.67. The van der Waals surface area contributed by atoms with Gasteiger partial charge in [0, 0.05) is 11.6 Å². The van der Waals surface area contributed by atoms with Gasteiger partial charge >= 0.3 is 0 Å². The van der Waals surface area contributed by atoms with E-state index in [1.807, 2.05) is 12.1 Å². The van der Waals surface area contributed by atoms with Crippen molar-refractivity contribution < 1.29 is 9.84 Å². The maximum atomic E-state index is 9.95. The van der Waals surface area contributed by atoms with Gasteiger partial charge in [0.25, 0.3) is 0 Å². The predicted molar refractivity (Wildman–Crippen MR) is 89.0 cm³/mol. The van der Waals surface area contributed by atoms with E-state index in [-0.39, 0.29) is 6.61 Å². The average molecular weight is 314 g/mol. The van der Waals surface area contributed by atoms with Crippen molar-refractivity contribution in [2.24, 2.45) is 17.8 Å². The normalized spacial score (nSPS) is 13.2. The van der Waals surface area contributed by atoms with Crippen molar-refractivity contribution in [3.63, 3.8) is 0 Å². The molecule has 120 valence electrons. The SMILES string of the molecule is CC(C)C(CNCC(O)COc1cccc(Cl)c1)C(C)C. The maximum Gasteiger partial charge on any atom is 0.120 e. The molecule has 1 aromatic rings. The zero-order chi connectivity index (χ0) is 15.8. The molecule has 0 aliphatic carbocycles. The van der Waals surface area contributed by atoms with Crippen LogP contribution in [0.3, 0.4) is 0 Å². The number of hydrogen-bond acceptors (Lipinski definition) is 3. The van der Waals surface area contributed by atoms with Gasteiger partial charge in [-0.2, -0.15) is 0 Å². The van der Waals surface area contributed by atoms with E-state index >= 15 is 0 Å². The molecule has 3 nitrogen and oxygen atoms in total. The summed E-state index contributed by atoms with van der Waals surface area (Å²) in [7, 11) is 0. The molecule has 0 heterocycles. The molecule has 4 heteroatoms. The van der Waals surface area contributed by atoms with Gasteiger partial charge < -0.3 is 15.2 Å². The van der Waals surface area contributed by atoms with E-state index in [0.29, 0.717) is 35.1 Å². The van der Waals surface area contributed by atoms with Crippen molar-refractivity contribution in [3.05, 3.63) is 29.3 Å². The fourth-order valence-corrected chi connectivity index (χ4v) is 2.65. The third-order valence-corrected chi connectivity index (χ3v) is 3.95. The van der Waals surface area contributed by atoms with Gasteiger partial charge in [-0.3, -0.25) is 0 Å². The molecule has 1 unspecified atom stereocenters. The Morgan fingerprint density at radius 2 is 1.81 bits per heavy atom. The molecule has 0 saturated heterocycles. The van der Waals surface area contributed by atoms with Crippen molar-refractivity contribution in [3.8, 4) is 5.75 Å². The van der Waals surface area contributed by atoms with Crippen molar-refractivity contribution >= 4 is 11.6 Å². The fourth-order valence-electron chi connectivity index (χ4n) is 2.47. The van der Waals surface area contributed by atoms with Crippen LogP contribution in [0.2, 0.25) is 5.02 Å². The van der Waals surface area contributed by atoms with Crippen molar-refractivity contribution in [2.45, 2.75) is 33.8 Å². The van der Waals surface area contributed by atoms with Gasteiger partial charge in [0.05, 0.1) is 0 Å². The molecule has 1 rings (SSSR count). The molecular formula is C17H28ClNO2. The number of nitrogens with one attached hydrogen (secondary N) is 1. The number of rotatable bonds is 9. The lowest BCUT2D eigenvalue weighted by Gasteiger charge is -2.25. The van der Waals surface area contributed by atoms with Crippen LogP contribution in [0.5, 0.6) is 5.75 Å². The quantitative estimate of drug-likeness (QED) is 0.732. The maximum absolute atomic E-state index is 9.95. The third kappa shape index (κ3) is 7.16. The Morgan fingerprint density at radius 3 is 2.38 bits per heavy atom. The summed E-state index contributed by atoms with van der Waals surface area (Å²) in [5.74, 6) is 2.57. The molecule has 0 aromatic heterocycles. The Kier molecular flexibility index (Phi) is 8.09. The molecule has 0 radical (unpaired) electrons. The summed E-state index contributed by atoms with van der Waals surface area (Å²) in [6.07, 6.45) is -0.524. The smallest absolute Gasteiger partial charge is 0.120 e. The monoisotopic (exact) mass is 313 g/mol. The van der Waals surface area contributed by atoms with Crippen LogP contribution in [-0.4, -0.2) is 30.9 Å². The minimum absolute atomic E-state index is 0.265. The molecule has 0 fully saturated rings. The summed E-state index contributed by atoms with van der Waals surface area (Å²) >= 11 is 5.88. The Balaban J connectivity index is 2.26. The molecular weight excluding hydrogens is 286 g/mol. The molecule has 0 spiro atoms. The molecule has 2 N–H and O–H groups in total. The van der Waals surface area contributed by atoms with E-state index in [1.54, 1.807) is 12.1 Å². The highest BCUT2D eigenvalue weighted by molar-refractivity contribution is 6.30. The summed E-state index contributed by atoms with van der Waals surface area (Å²) in [4.78, 5) is 0. The van der Waals surface area contributed by atoms with Crippen LogP contribution in [0.25, 0.3) is 0 Å². The summed E-state index contributed by atoms with van der Waals surface area (Å²) < 4.78 is 5.53. The highest BCUT2D eigenvalue weighted by Gasteiger charge is 2.17. The van der Waals surface area contributed by atoms with Gasteiger partial charge in [-0.15, -0.1) is 0 Å². The van der Waals surface area contributed by atoms with E-state index < -0.39 is 6.10 Å². The molecule has 0 saturated carbocycles. The molecule has 0 aliphatic heterocycles. The van der Waals surface area contributed by atoms with Crippen molar-refractivity contribution in [2.75, 3.05) is 19.7 Å². The van der Waals surface area contributed by atoms with Crippen LogP contribution in [0.1, 0.15) is 27.7 Å². The van der Waals surface area contributed by atoms with E-state index in [0.717, 1.165) is 6.54 Å². The largest absolute Gasteiger partial charge is 0.491 e. The molecule has 1 aromatic carbocycles.